The van der Waals surface area contributed by atoms with Gasteiger partial charge in [0.25, 0.3) is 0 Å². The lowest BCUT2D eigenvalue weighted by Gasteiger charge is -2.10. The van der Waals surface area contributed by atoms with E-state index in [1.165, 1.54) is 0 Å². The molecule has 0 saturated carbocycles. The van der Waals surface area contributed by atoms with Crippen LogP contribution in [0.15, 0.2) is 24.3 Å². The van der Waals surface area contributed by atoms with Crippen LogP contribution in [0.25, 0.3) is 0 Å². The highest BCUT2D eigenvalue weighted by Crippen LogP contribution is 2.14. The van der Waals surface area contributed by atoms with Crippen molar-refractivity contribution in [1.82, 2.24) is 5.32 Å². The van der Waals surface area contributed by atoms with E-state index >= 15 is 0 Å². The molecular weight excluding hydrogens is 258 g/mol. The topological polar surface area (TPSA) is 67.1 Å². The van der Waals surface area contributed by atoms with Crippen molar-refractivity contribution in [3.63, 3.8) is 0 Å². The maximum absolute atomic E-state index is 11.5. The largest absolute Gasteiger partial charge is 0.389 e. The van der Waals surface area contributed by atoms with Gasteiger partial charge in [0, 0.05) is 18.0 Å². The molecule has 0 aromatic heterocycles. The van der Waals surface area contributed by atoms with Crippen LogP contribution in [-0.4, -0.2) is 23.4 Å². The molecule has 0 radical (unpaired) electrons. The summed E-state index contributed by atoms with van der Waals surface area (Å²) in [6, 6.07) is 6.83. The van der Waals surface area contributed by atoms with Crippen molar-refractivity contribution in [3.05, 3.63) is 29.8 Å². The molecule has 0 saturated heterocycles. The van der Waals surface area contributed by atoms with Crippen molar-refractivity contribution in [2.45, 2.75) is 6.42 Å². The Balaban J connectivity index is 2.61. The highest BCUT2D eigenvalue weighted by molar-refractivity contribution is 7.80. The first kappa shape index (κ1) is 13.7. The molecule has 6 heteroatoms. The maximum atomic E-state index is 11.5. The number of benzene rings is 1. The van der Waals surface area contributed by atoms with Gasteiger partial charge in [-0.15, -0.1) is 11.6 Å². The number of amides is 2. The fourth-order valence-corrected chi connectivity index (χ4v) is 1.55. The van der Waals surface area contributed by atoms with Gasteiger partial charge in [-0.05, 0) is 18.6 Å². The van der Waals surface area contributed by atoms with Crippen molar-refractivity contribution in [2.24, 2.45) is 5.73 Å². The van der Waals surface area contributed by atoms with E-state index < -0.39 is 0 Å². The second kappa shape index (κ2) is 7.09. The Bertz CT molecular complexity index is 411. The Hall–Kier alpha value is -1.33. The number of urea groups is 1. The summed E-state index contributed by atoms with van der Waals surface area (Å²) in [7, 11) is 0. The minimum atomic E-state index is -0.293. The van der Waals surface area contributed by atoms with Crippen LogP contribution in [0, 0.1) is 0 Å². The average molecular weight is 272 g/mol. The number of alkyl halides is 1. The molecule has 2 amide bonds. The molecule has 1 aromatic carbocycles. The van der Waals surface area contributed by atoms with Crippen LogP contribution in [0.5, 0.6) is 0 Å². The molecule has 4 nitrogen and oxygen atoms in total. The molecule has 0 bridgehead atoms. The fraction of sp³-hybridized carbons (Fsp3) is 0.273. The number of carbonyl (C=O) groups excluding carboxylic acids is 1. The summed E-state index contributed by atoms with van der Waals surface area (Å²) >= 11 is 10.4. The van der Waals surface area contributed by atoms with Crippen molar-refractivity contribution < 1.29 is 4.79 Å². The molecule has 0 aliphatic heterocycles. The monoisotopic (exact) mass is 271 g/mol. The molecule has 0 aliphatic rings. The first-order valence-corrected chi connectivity index (χ1v) is 6.09. The lowest BCUT2D eigenvalue weighted by Crippen LogP contribution is -2.30. The summed E-state index contributed by atoms with van der Waals surface area (Å²) in [6.07, 6.45) is 0.728. The second-order valence-corrected chi connectivity index (χ2v) is 4.15. The van der Waals surface area contributed by atoms with E-state index in [0.29, 0.717) is 23.7 Å². The highest BCUT2D eigenvalue weighted by Gasteiger charge is 2.07. The summed E-state index contributed by atoms with van der Waals surface area (Å²) < 4.78 is 0. The molecule has 92 valence electrons. The van der Waals surface area contributed by atoms with E-state index in [1.807, 2.05) is 6.07 Å². The molecule has 0 atom stereocenters. The minimum absolute atomic E-state index is 0.252. The molecule has 4 N–H and O–H groups in total. The van der Waals surface area contributed by atoms with E-state index in [-0.39, 0.29) is 11.0 Å². The molecule has 0 fully saturated rings. The summed E-state index contributed by atoms with van der Waals surface area (Å²) in [5, 5.41) is 5.37. The SMILES string of the molecule is NC(=S)c1ccccc1NC(=O)NCCCCl. The summed E-state index contributed by atoms with van der Waals surface area (Å²) in [5.41, 5.74) is 6.80. The maximum Gasteiger partial charge on any atom is 0.319 e. The zero-order valence-electron chi connectivity index (χ0n) is 9.20. The summed E-state index contributed by atoms with van der Waals surface area (Å²) in [4.78, 5) is 11.8. The van der Waals surface area contributed by atoms with Crippen LogP contribution in [0.1, 0.15) is 12.0 Å². The number of anilines is 1. The molecule has 0 aliphatic carbocycles. The third kappa shape index (κ3) is 4.58. The normalized spacial score (nSPS) is 9.71. The first-order chi connectivity index (χ1) is 8.15. The van der Waals surface area contributed by atoms with Gasteiger partial charge in [-0.3, -0.25) is 0 Å². The van der Waals surface area contributed by atoms with Crippen molar-refractivity contribution in [2.75, 3.05) is 17.7 Å². The van der Waals surface area contributed by atoms with Crippen molar-refractivity contribution in [3.8, 4) is 0 Å². The van der Waals surface area contributed by atoms with Crippen LogP contribution in [-0.2, 0) is 0 Å². The van der Waals surface area contributed by atoms with E-state index in [4.69, 9.17) is 29.6 Å². The third-order valence-corrected chi connectivity index (χ3v) is 2.52. The standard InChI is InChI=1S/C11H14ClN3OS/c12-6-3-7-14-11(16)15-9-5-2-1-4-8(9)10(13)17/h1-2,4-5H,3,6-7H2,(H2,13,17)(H2,14,15,16). The number of hydrogen-bond donors (Lipinski definition) is 3. The van der Waals surface area contributed by atoms with Gasteiger partial charge in [-0.2, -0.15) is 0 Å². The zero-order valence-corrected chi connectivity index (χ0v) is 10.8. The lowest BCUT2D eigenvalue weighted by molar-refractivity contribution is 0.252. The predicted octanol–water partition coefficient (Wildman–Crippen LogP) is 2.07. The van der Waals surface area contributed by atoms with E-state index in [9.17, 15) is 4.79 Å². The molecule has 0 heterocycles. The molecule has 0 spiro atoms. The predicted molar refractivity (Wildman–Crippen MR) is 74.7 cm³/mol. The van der Waals surface area contributed by atoms with Gasteiger partial charge in [0.1, 0.15) is 4.99 Å². The Morgan fingerprint density at radius 3 is 2.76 bits per heavy atom. The van der Waals surface area contributed by atoms with Gasteiger partial charge in [0.05, 0.1) is 5.69 Å². The van der Waals surface area contributed by atoms with E-state index in [1.54, 1.807) is 18.2 Å². The summed E-state index contributed by atoms with van der Waals surface area (Å²) in [5.74, 6) is 0.518. The van der Waals surface area contributed by atoms with Gasteiger partial charge >= 0.3 is 6.03 Å². The van der Waals surface area contributed by atoms with Crippen molar-refractivity contribution >= 4 is 40.5 Å². The molecule has 17 heavy (non-hydrogen) atoms. The zero-order chi connectivity index (χ0) is 12.7. The average Bonchev–Trinajstić information content (AvgIpc) is 2.29. The molecule has 1 aromatic rings. The number of nitrogens with one attached hydrogen (secondary N) is 2. The molecule has 1 rings (SSSR count). The lowest BCUT2D eigenvalue weighted by atomic mass is 10.2. The van der Waals surface area contributed by atoms with E-state index in [2.05, 4.69) is 10.6 Å². The number of carbonyl (C=O) groups is 1. The van der Waals surface area contributed by atoms with Crippen LogP contribution < -0.4 is 16.4 Å². The molecular formula is C11H14ClN3OS. The summed E-state index contributed by atoms with van der Waals surface area (Å²) in [6.45, 7) is 0.532. The minimum Gasteiger partial charge on any atom is -0.389 e. The number of halogens is 1. The number of thiocarbonyl (C=S) groups is 1. The van der Waals surface area contributed by atoms with Crippen LogP contribution >= 0.6 is 23.8 Å². The van der Waals surface area contributed by atoms with Gasteiger partial charge < -0.3 is 16.4 Å². The Labute approximate surface area is 111 Å². The van der Waals surface area contributed by atoms with Gasteiger partial charge in [0.2, 0.25) is 0 Å². The van der Waals surface area contributed by atoms with E-state index in [0.717, 1.165) is 6.42 Å². The van der Waals surface area contributed by atoms with Gasteiger partial charge in [0.15, 0.2) is 0 Å². The smallest absolute Gasteiger partial charge is 0.319 e. The van der Waals surface area contributed by atoms with Crippen LogP contribution in [0.3, 0.4) is 0 Å². The molecule has 0 unspecified atom stereocenters. The number of hydrogen-bond acceptors (Lipinski definition) is 2. The van der Waals surface area contributed by atoms with Gasteiger partial charge in [-0.1, -0.05) is 24.4 Å². The Morgan fingerprint density at radius 2 is 2.12 bits per heavy atom. The number of para-hydroxylation sites is 1. The van der Waals surface area contributed by atoms with Crippen LogP contribution in [0.4, 0.5) is 10.5 Å². The highest BCUT2D eigenvalue weighted by atomic mass is 35.5. The van der Waals surface area contributed by atoms with Crippen LogP contribution in [0.2, 0.25) is 0 Å². The first-order valence-electron chi connectivity index (χ1n) is 5.15. The van der Waals surface area contributed by atoms with Crippen molar-refractivity contribution in [1.29, 1.82) is 0 Å². The third-order valence-electron chi connectivity index (χ3n) is 2.04. The fourth-order valence-electron chi connectivity index (χ4n) is 1.24. The second-order valence-electron chi connectivity index (χ2n) is 3.33. The van der Waals surface area contributed by atoms with Gasteiger partial charge in [-0.25, -0.2) is 4.79 Å². The quantitative estimate of drug-likeness (QED) is 0.436. The Kier molecular flexibility index (Phi) is 5.72. The number of rotatable bonds is 5. The number of nitrogens with two attached hydrogens (primary N) is 1. The Morgan fingerprint density at radius 1 is 1.41 bits per heavy atom.